The number of hydrogen-bond acceptors (Lipinski definition) is 2. The van der Waals surface area contributed by atoms with Gasteiger partial charge in [0.05, 0.1) is 16.8 Å². The first-order valence-corrected chi connectivity index (χ1v) is 17.1. The molecule has 0 saturated heterocycles. The summed E-state index contributed by atoms with van der Waals surface area (Å²) < 4.78 is 0. The molecular weight excluding hydrogens is 593 g/mol. The Morgan fingerprint density at radius 2 is 0.939 bits per heavy atom. The molecule has 1 aliphatic carbocycles. The van der Waals surface area contributed by atoms with Crippen molar-refractivity contribution in [1.29, 1.82) is 0 Å². The van der Waals surface area contributed by atoms with Crippen molar-refractivity contribution < 1.29 is 0 Å². The SMILES string of the molecule is CC(C)(C)c1ccnc(-c2cc(C3(c4cc(-c5ccccn5)c5ccccc5c4)c4ccccc4-c4ccccc43)cc3ccccc23)c1. The van der Waals surface area contributed by atoms with E-state index in [1.165, 1.54) is 60.5 Å². The van der Waals surface area contributed by atoms with Crippen molar-refractivity contribution in [2.24, 2.45) is 0 Å². The van der Waals surface area contributed by atoms with Crippen molar-refractivity contribution in [3.05, 3.63) is 192 Å². The van der Waals surface area contributed by atoms with E-state index in [-0.39, 0.29) is 5.41 Å². The van der Waals surface area contributed by atoms with Gasteiger partial charge in [0.2, 0.25) is 0 Å². The lowest BCUT2D eigenvalue weighted by atomic mass is 9.66. The monoisotopic (exact) mass is 628 g/mol. The second-order valence-electron chi connectivity index (χ2n) is 14.2. The van der Waals surface area contributed by atoms with Crippen LogP contribution in [0, 0.1) is 0 Å². The minimum Gasteiger partial charge on any atom is -0.256 e. The van der Waals surface area contributed by atoms with Gasteiger partial charge in [-0.15, -0.1) is 0 Å². The maximum atomic E-state index is 5.01. The van der Waals surface area contributed by atoms with Crippen LogP contribution >= 0.6 is 0 Å². The van der Waals surface area contributed by atoms with Crippen LogP contribution < -0.4 is 0 Å². The van der Waals surface area contributed by atoms with Crippen LogP contribution in [0.25, 0.3) is 55.2 Å². The van der Waals surface area contributed by atoms with Gasteiger partial charge >= 0.3 is 0 Å². The van der Waals surface area contributed by atoms with E-state index in [1.807, 2.05) is 18.5 Å². The summed E-state index contributed by atoms with van der Waals surface area (Å²) in [5.74, 6) is 0. The van der Waals surface area contributed by atoms with E-state index in [0.717, 1.165) is 22.5 Å². The van der Waals surface area contributed by atoms with Crippen molar-refractivity contribution in [2.75, 3.05) is 0 Å². The molecule has 2 nitrogen and oxygen atoms in total. The van der Waals surface area contributed by atoms with Gasteiger partial charge in [0.15, 0.2) is 0 Å². The van der Waals surface area contributed by atoms with Crippen LogP contribution in [0.4, 0.5) is 0 Å². The predicted octanol–water partition coefficient (Wildman–Crippen LogP) is 11.8. The molecule has 0 fully saturated rings. The number of hydrogen-bond donors (Lipinski definition) is 0. The van der Waals surface area contributed by atoms with E-state index in [4.69, 9.17) is 9.97 Å². The molecule has 1 aliphatic rings. The Kier molecular flexibility index (Phi) is 6.64. The minimum atomic E-state index is -0.596. The molecule has 2 heteroatoms. The second-order valence-corrected chi connectivity index (χ2v) is 14.2. The van der Waals surface area contributed by atoms with Crippen molar-refractivity contribution in [2.45, 2.75) is 31.6 Å². The van der Waals surface area contributed by atoms with Crippen LogP contribution in [0.3, 0.4) is 0 Å². The fraction of sp³-hybridized carbons (Fsp3) is 0.106. The minimum absolute atomic E-state index is 0.00261. The Labute approximate surface area is 287 Å². The Balaban J connectivity index is 1.44. The zero-order valence-corrected chi connectivity index (χ0v) is 28.0. The third-order valence-electron chi connectivity index (χ3n) is 10.4. The van der Waals surface area contributed by atoms with Crippen LogP contribution in [0.15, 0.2) is 164 Å². The van der Waals surface area contributed by atoms with E-state index in [9.17, 15) is 0 Å². The van der Waals surface area contributed by atoms with Gasteiger partial charge in [-0.3, -0.25) is 9.97 Å². The summed E-state index contributed by atoms with van der Waals surface area (Å²) in [5, 5.41) is 4.79. The summed E-state index contributed by atoms with van der Waals surface area (Å²) in [5.41, 5.74) is 12.5. The van der Waals surface area contributed by atoms with Gasteiger partial charge in [-0.2, -0.15) is 0 Å². The van der Waals surface area contributed by atoms with E-state index >= 15 is 0 Å². The maximum absolute atomic E-state index is 5.01. The maximum Gasteiger partial charge on any atom is 0.0714 e. The number of aromatic nitrogens is 2. The first-order chi connectivity index (χ1) is 23.9. The topological polar surface area (TPSA) is 25.8 Å². The second kappa shape index (κ2) is 11.1. The average molecular weight is 629 g/mol. The summed E-state index contributed by atoms with van der Waals surface area (Å²) in [6.07, 6.45) is 3.86. The third kappa shape index (κ3) is 4.55. The van der Waals surface area contributed by atoms with Crippen LogP contribution in [-0.2, 0) is 10.8 Å². The molecule has 0 atom stereocenters. The van der Waals surface area contributed by atoms with Gasteiger partial charge in [0, 0.05) is 23.5 Å². The smallest absolute Gasteiger partial charge is 0.0714 e. The van der Waals surface area contributed by atoms with Crippen LogP contribution in [-0.4, -0.2) is 9.97 Å². The quantitative estimate of drug-likeness (QED) is 0.194. The first-order valence-electron chi connectivity index (χ1n) is 17.1. The molecule has 0 amide bonds. The largest absolute Gasteiger partial charge is 0.256 e. The highest BCUT2D eigenvalue weighted by Crippen LogP contribution is 2.57. The highest BCUT2D eigenvalue weighted by atomic mass is 14.7. The Bertz CT molecular complexity index is 2490. The Morgan fingerprint density at radius 3 is 1.51 bits per heavy atom. The van der Waals surface area contributed by atoms with E-state index < -0.39 is 5.41 Å². The predicted molar refractivity (Wildman–Crippen MR) is 204 cm³/mol. The molecule has 9 rings (SSSR count). The van der Waals surface area contributed by atoms with E-state index in [2.05, 4.69) is 166 Å². The molecule has 0 unspecified atom stereocenters. The molecule has 6 aromatic carbocycles. The molecule has 234 valence electrons. The molecule has 2 aromatic heterocycles. The number of pyridine rings is 2. The van der Waals surface area contributed by atoms with E-state index in [0.29, 0.717) is 0 Å². The Morgan fingerprint density at radius 1 is 0.429 bits per heavy atom. The lowest BCUT2D eigenvalue weighted by molar-refractivity contribution is 0.589. The molecule has 8 aromatic rings. The molecule has 0 saturated carbocycles. The normalized spacial score (nSPS) is 13.4. The summed E-state index contributed by atoms with van der Waals surface area (Å²) in [4.78, 5) is 9.88. The van der Waals surface area contributed by atoms with Crippen molar-refractivity contribution in [3.8, 4) is 33.6 Å². The summed E-state index contributed by atoms with van der Waals surface area (Å²) in [7, 11) is 0. The molecular formula is C47H36N2. The van der Waals surface area contributed by atoms with Crippen LogP contribution in [0.1, 0.15) is 48.6 Å². The molecule has 49 heavy (non-hydrogen) atoms. The number of benzene rings is 6. The lowest BCUT2D eigenvalue weighted by Gasteiger charge is -2.35. The van der Waals surface area contributed by atoms with Crippen molar-refractivity contribution in [1.82, 2.24) is 9.97 Å². The van der Waals surface area contributed by atoms with Gasteiger partial charge in [0.1, 0.15) is 0 Å². The highest BCUT2D eigenvalue weighted by molar-refractivity contribution is 6.00. The molecule has 2 heterocycles. The fourth-order valence-corrected chi connectivity index (χ4v) is 8.07. The molecule has 0 spiro atoms. The Hall–Kier alpha value is -5.86. The van der Waals surface area contributed by atoms with Crippen LogP contribution in [0.5, 0.6) is 0 Å². The van der Waals surface area contributed by atoms with Gasteiger partial charge in [0.25, 0.3) is 0 Å². The molecule has 0 N–H and O–H groups in total. The van der Waals surface area contributed by atoms with Crippen molar-refractivity contribution in [3.63, 3.8) is 0 Å². The standard InChI is InChI=1S/C47H36N2/c1-46(2,3)33-23-25-49-45(30-33)41-29-35(27-32-15-5-7-17-37(32)41)47(42-20-10-8-18-38(42)39-19-9-11-21-43(39)47)34-26-31-14-4-6-16-36(31)40(28-34)44-22-12-13-24-48-44/h4-30H,1-3H3. The number of nitrogens with zero attached hydrogens (tertiary/aromatic N) is 2. The number of fused-ring (bicyclic) bond motifs is 5. The summed E-state index contributed by atoms with van der Waals surface area (Å²) >= 11 is 0. The highest BCUT2D eigenvalue weighted by Gasteiger charge is 2.46. The lowest BCUT2D eigenvalue weighted by Crippen LogP contribution is -2.29. The molecule has 0 aliphatic heterocycles. The summed E-state index contributed by atoms with van der Waals surface area (Å²) in [6.45, 7) is 6.79. The number of rotatable bonds is 4. The van der Waals surface area contributed by atoms with Crippen molar-refractivity contribution >= 4 is 21.5 Å². The van der Waals surface area contributed by atoms with Gasteiger partial charge in [-0.25, -0.2) is 0 Å². The molecule has 0 bridgehead atoms. The third-order valence-corrected chi connectivity index (χ3v) is 10.4. The van der Waals surface area contributed by atoms with E-state index in [1.54, 1.807) is 0 Å². The van der Waals surface area contributed by atoms with Crippen LogP contribution in [0.2, 0.25) is 0 Å². The fourth-order valence-electron chi connectivity index (χ4n) is 8.07. The molecule has 0 radical (unpaired) electrons. The zero-order chi connectivity index (χ0) is 33.2. The summed E-state index contributed by atoms with van der Waals surface area (Å²) in [6, 6.07) is 55.7. The van der Waals surface area contributed by atoms with Gasteiger partial charge < -0.3 is 0 Å². The zero-order valence-electron chi connectivity index (χ0n) is 28.0. The average Bonchev–Trinajstić information content (AvgIpc) is 3.45. The van der Waals surface area contributed by atoms with Gasteiger partial charge in [-0.05, 0) is 114 Å². The van der Waals surface area contributed by atoms with Gasteiger partial charge in [-0.1, -0.05) is 124 Å². The first kappa shape index (κ1) is 29.3.